The van der Waals surface area contributed by atoms with Gasteiger partial charge in [-0.25, -0.2) is 0 Å². The number of alkyl halides is 3. The van der Waals surface area contributed by atoms with Crippen molar-refractivity contribution in [3.8, 4) is 0 Å². The Morgan fingerprint density at radius 3 is 2.31 bits per heavy atom. The van der Waals surface area contributed by atoms with Gasteiger partial charge in [0.05, 0.1) is 4.92 Å². The van der Waals surface area contributed by atoms with Crippen molar-refractivity contribution >= 4 is 64.1 Å². The zero-order chi connectivity index (χ0) is 19.3. The zero-order valence-electron chi connectivity index (χ0n) is 13.1. The first-order chi connectivity index (χ1) is 12.2. The van der Waals surface area contributed by atoms with Gasteiger partial charge in [0.1, 0.15) is 6.04 Å². The van der Waals surface area contributed by atoms with E-state index in [1.54, 1.807) is 24.3 Å². The summed E-state index contributed by atoms with van der Waals surface area (Å²) in [6.45, 7) is 0. The SMILES string of the molecule is O=C(C[C@@H](N=Cc1ccccc1Cl)C(Cl)(Cl)Cl)c1ccc([N+](=O)[O-])cc1. The molecule has 0 bridgehead atoms. The Labute approximate surface area is 169 Å². The van der Waals surface area contributed by atoms with Crippen LogP contribution in [0.3, 0.4) is 0 Å². The van der Waals surface area contributed by atoms with Gasteiger partial charge in [0.2, 0.25) is 3.79 Å². The van der Waals surface area contributed by atoms with Crippen molar-refractivity contribution in [2.45, 2.75) is 16.3 Å². The van der Waals surface area contributed by atoms with Crippen molar-refractivity contribution in [1.29, 1.82) is 0 Å². The summed E-state index contributed by atoms with van der Waals surface area (Å²) >= 11 is 23.9. The number of rotatable bonds is 6. The fourth-order valence-electron chi connectivity index (χ4n) is 2.07. The number of non-ortho nitro benzene ring substituents is 1. The van der Waals surface area contributed by atoms with E-state index in [2.05, 4.69) is 4.99 Å². The highest BCUT2D eigenvalue weighted by Crippen LogP contribution is 2.35. The van der Waals surface area contributed by atoms with Gasteiger partial charge >= 0.3 is 0 Å². The molecule has 0 spiro atoms. The van der Waals surface area contributed by atoms with E-state index in [1.165, 1.54) is 30.5 Å². The minimum Gasteiger partial charge on any atom is -0.294 e. The molecule has 0 unspecified atom stereocenters. The predicted molar refractivity (Wildman–Crippen MR) is 105 cm³/mol. The first-order valence-corrected chi connectivity index (χ1v) is 8.81. The number of benzene rings is 2. The van der Waals surface area contributed by atoms with Crippen LogP contribution in [0.2, 0.25) is 5.02 Å². The van der Waals surface area contributed by atoms with Crippen molar-refractivity contribution in [3.05, 3.63) is 74.8 Å². The Hall–Kier alpha value is -1.66. The molecule has 0 amide bonds. The van der Waals surface area contributed by atoms with Crippen LogP contribution in [0.5, 0.6) is 0 Å². The molecule has 5 nitrogen and oxygen atoms in total. The molecule has 0 aromatic heterocycles. The van der Waals surface area contributed by atoms with Crippen LogP contribution in [-0.4, -0.2) is 26.8 Å². The molecule has 0 saturated heterocycles. The van der Waals surface area contributed by atoms with Crippen molar-refractivity contribution in [3.63, 3.8) is 0 Å². The number of hydrogen-bond acceptors (Lipinski definition) is 4. The number of ketones is 1. The molecule has 2 aromatic rings. The first kappa shape index (κ1) is 20.6. The molecule has 0 aliphatic rings. The standard InChI is InChI=1S/C17H12Cl4N2O3/c18-14-4-2-1-3-12(14)10-22-16(17(19,20)21)9-15(24)11-5-7-13(8-6-11)23(25)26/h1-8,10,16H,9H2/t16-/m1/s1. The Morgan fingerprint density at radius 2 is 1.77 bits per heavy atom. The molecule has 136 valence electrons. The summed E-state index contributed by atoms with van der Waals surface area (Å²) in [5, 5.41) is 11.2. The van der Waals surface area contributed by atoms with E-state index in [9.17, 15) is 14.9 Å². The van der Waals surface area contributed by atoms with Crippen LogP contribution in [0, 0.1) is 10.1 Å². The van der Waals surface area contributed by atoms with Gasteiger partial charge in [-0.3, -0.25) is 19.9 Å². The molecule has 0 heterocycles. The third-order valence-electron chi connectivity index (χ3n) is 3.46. The average molecular weight is 434 g/mol. The van der Waals surface area contributed by atoms with E-state index in [-0.39, 0.29) is 23.5 Å². The lowest BCUT2D eigenvalue weighted by Gasteiger charge is -2.20. The van der Waals surface area contributed by atoms with Crippen molar-refractivity contribution in [2.24, 2.45) is 4.99 Å². The molecule has 2 rings (SSSR count). The summed E-state index contributed by atoms with van der Waals surface area (Å²) in [5.41, 5.74) is 0.773. The number of carbonyl (C=O) groups excluding carboxylic acids is 1. The van der Waals surface area contributed by atoms with E-state index >= 15 is 0 Å². The molecule has 0 aliphatic carbocycles. The molecule has 26 heavy (non-hydrogen) atoms. The Kier molecular flexibility index (Phi) is 7.01. The van der Waals surface area contributed by atoms with Crippen LogP contribution < -0.4 is 0 Å². The number of Topliss-reactive ketones (excluding diaryl/α,β-unsaturated/α-hetero) is 1. The normalized spacial score (nSPS) is 12.9. The number of halogens is 4. The molecule has 9 heteroatoms. The number of nitro groups is 1. The smallest absolute Gasteiger partial charge is 0.269 e. The number of nitrogens with zero attached hydrogens (tertiary/aromatic N) is 2. The largest absolute Gasteiger partial charge is 0.294 e. The summed E-state index contributed by atoms with van der Waals surface area (Å²) < 4.78 is -1.81. The molecule has 2 aromatic carbocycles. The molecule has 0 fully saturated rings. The summed E-state index contributed by atoms with van der Waals surface area (Å²) in [4.78, 5) is 26.7. The van der Waals surface area contributed by atoms with Gasteiger partial charge in [-0.05, 0) is 18.2 Å². The van der Waals surface area contributed by atoms with E-state index < -0.39 is 14.8 Å². The fourth-order valence-corrected chi connectivity index (χ4v) is 2.65. The van der Waals surface area contributed by atoms with Crippen LogP contribution in [0.15, 0.2) is 53.5 Å². The van der Waals surface area contributed by atoms with Crippen LogP contribution in [0.4, 0.5) is 5.69 Å². The van der Waals surface area contributed by atoms with Crippen molar-refractivity contribution in [2.75, 3.05) is 0 Å². The number of aliphatic imine (C=N–C) groups is 1. The third-order valence-corrected chi connectivity index (χ3v) is 4.56. The topological polar surface area (TPSA) is 72.6 Å². The van der Waals surface area contributed by atoms with Gasteiger partial charge < -0.3 is 0 Å². The first-order valence-electron chi connectivity index (χ1n) is 7.30. The highest BCUT2D eigenvalue weighted by atomic mass is 35.6. The van der Waals surface area contributed by atoms with Crippen LogP contribution >= 0.6 is 46.4 Å². The van der Waals surface area contributed by atoms with Gasteiger partial charge in [0.25, 0.3) is 5.69 Å². The summed E-state index contributed by atoms with van der Waals surface area (Å²) in [6, 6.07) is 11.2. The van der Waals surface area contributed by atoms with E-state index in [0.717, 1.165) is 0 Å². The highest BCUT2D eigenvalue weighted by Gasteiger charge is 2.34. The summed E-state index contributed by atoms with van der Waals surface area (Å²) in [7, 11) is 0. The van der Waals surface area contributed by atoms with Crippen molar-refractivity contribution in [1.82, 2.24) is 0 Å². The lowest BCUT2D eigenvalue weighted by molar-refractivity contribution is -0.384. The molecule has 0 aliphatic heterocycles. The minimum absolute atomic E-state index is 0.115. The highest BCUT2D eigenvalue weighted by molar-refractivity contribution is 6.68. The molecular formula is C17H12Cl4N2O3. The quantitative estimate of drug-likeness (QED) is 0.193. The minimum atomic E-state index is -1.81. The maximum absolute atomic E-state index is 12.4. The summed E-state index contributed by atoms with van der Waals surface area (Å²) in [5.74, 6) is -0.354. The Balaban J connectivity index is 2.19. The van der Waals surface area contributed by atoms with Gasteiger partial charge in [0.15, 0.2) is 5.78 Å². The second-order valence-corrected chi connectivity index (χ2v) is 8.06. The molecule has 0 saturated carbocycles. The fraction of sp³-hybridized carbons (Fsp3) is 0.176. The monoisotopic (exact) mass is 432 g/mol. The lowest BCUT2D eigenvalue weighted by atomic mass is 10.0. The zero-order valence-corrected chi connectivity index (χ0v) is 16.1. The van der Waals surface area contributed by atoms with Crippen molar-refractivity contribution < 1.29 is 9.72 Å². The summed E-state index contributed by atoms with van der Waals surface area (Å²) in [6.07, 6.45) is 1.26. The Bertz CT molecular complexity index is 833. The van der Waals surface area contributed by atoms with E-state index in [4.69, 9.17) is 46.4 Å². The maximum Gasteiger partial charge on any atom is 0.269 e. The van der Waals surface area contributed by atoms with Crippen LogP contribution in [-0.2, 0) is 0 Å². The second kappa shape index (κ2) is 8.82. The molecule has 0 radical (unpaired) electrons. The number of carbonyl (C=O) groups is 1. The number of nitro benzene ring substituents is 1. The average Bonchev–Trinajstić information content (AvgIpc) is 2.58. The van der Waals surface area contributed by atoms with Gasteiger partial charge in [0, 0.05) is 40.9 Å². The van der Waals surface area contributed by atoms with Gasteiger partial charge in [-0.15, -0.1) is 0 Å². The Morgan fingerprint density at radius 1 is 1.15 bits per heavy atom. The molecule has 1 atom stereocenters. The lowest BCUT2D eigenvalue weighted by Crippen LogP contribution is -2.27. The van der Waals surface area contributed by atoms with Crippen LogP contribution in [0.1, 0.15) is 22.3 Å². The van der Waals surface area contributed by atoms with E-state index in [0.29, 0.717) is 10.6 Å². The van der Waals surface area contributed by atoms with Gasteiger partial charge in [-0.1, -0.05) is 64.6 Å². The second-order valence-electron chi connectivity index (χ2n) is 5.29. The number of hydrogen-bond donors (Lipinski definition) is 0. The predicted octanol–water partition coefficient (Wildman–Crippen LogP) is 5.68. The van der Waals surface area contributed by atoms with Crippen LogP contribution in [0.25, 0.3) is 0 Å². The molecule has 0 N–H and O–H groups in total. The maximum atomic E-state index is 12.4. The van der Waals surface area contributed by atoms with Gasteiger partial charge in [-0.2, -0.15) is 0 Å². The third kappa shape index (κ3) is 5.68. The van der Waals surface area contributed by atoms with E-state index in [1.807, 2.05) is 0 Å². The molecular weight excluding hydrogens is 422 g/mol.